The number of alkyl carbamates (subject to hydrolysis) is 1. The van der Waals surface area contributed by atoms with Gasteiger partial charge in [-0.3, -0.25) is 9.52 Å². The molecule has 362 valence electrons. The second-order valence-electron chi connectivity index (χ2n) is 17.5. The molecule has 4 heterocycles. The average molecular weight is 962 g/mol. The molecule has 7 N–H and O–H groups in total. The summed E-state index contributed by atoms with van der Waals surface area (Å²) < 4.78 is 64.1. The minimum atomic E-state index is -3.90. The molecule has 0 aliphatic carbocycles. The molecule has 5 aromatic rings. The minimum absolute atomic E-state index is 0.0126. The van der Waals surface area contributed by atoms with E-state index in [1.165, 1.54) is 28.6 Å². The van der Waals surface area contributed by atoms with Gasteiger partial charge in [0.05, 0.1) is 42.2 Å². The summed E-state index contributed by atoms with van der Waals surface area (Å²) in [6.07, 6.45) is 1.61. The van der Waals surface area contributed by atoms with E-state index in [0.29, 0.717) is 75.3 Å². The van der Waals surface area contributed by atoms with E-state index >= 15 is 0 Å². The molecule has 0 spiro atoms. The van der Waals surface area contributed by atoms with Gasteiger partial charge in [0.1, 0.15) is 11.8 Å². The summed E-state index contributed by atoms with van der Waals surface area (Å²) in [5.41, 5.74) is 9.79. The monoisotopic (exact) mass is 961 g/mol. The first kappa shape index (κ1) is 50.5. The number of nitrogens with one attached hydrogen (secondary N) is 4. The number of piperazine rings is 1. The molecular weight excluding hydrogens is 899 g/mol. The number of nitrogens with zero attached hydrogens (tertiary/aromatic N) is 4. The highest BCUT2D eigenvalue weighted by atomic mass is 32.2. The second kappa shape index (κ2) is 22.7. The van der Waals surface area contributed by atoms with Gasteiger partial charge in [-0.15, -0.1) is 0 Å². The predicted molar refractivity (Wildman–Crippen MR) is 261 cm³/mol. The number of aliphatic hydroxyl groups is 1. The molecule has 2 aromatic heterocycles. The maximum atomic E-state index is 13.4. The fourth-order valence-electron chi connectivity index (χ4n) is 7.79. The zero-order chi connectivity index (χ0) is 48.3. The normalized spacial score (nSPS) is 16.4. The lowest BCUT2D eigenvalue weighted by molar-refractivity contribution is 0.0643. The van der Waals surface area contributed by atoms with Crippen molar-refractivity contribution in [1.29, 1.82) is 0 Å². The molecule has 2 saturated heterocycles. The lowest BCUT2D eigenvalue weighted by Gasteiger charge is -2.36. The molecule has 2 aliphatic heterocycles. The van der Waals surface area contributed by atoms with Crippen molar-refractivity contribution in [3.8, 4) is 0 Å². The van der Waals surface area contributed by atoms with Crippen LogP contribution in [0.4, 0.5) is 27.7 Å². The third kappa shape index (κ3) is 14.5. The van der Waals surface area contributed by atoms with Crippen LogP contribution in [0.15, 0.2) is 102 Å². The van der Waals surface area contributed by atoms with Crippen LogP contribution in [0.2, 0.25) is 0 Å². The number of aromatic nitrogens is 2. The number of hydrogen-bond acceptors (Lipinski definition) is 13. The highest BCUT2D eigenvalue weighted by Crippen LogP contribution is 2.27. The van der Waals surface area contributed by atoms with Crippen LogP contribution in [0.3, 0.4) is 0 Å². The number of aliphatic hydroxyl groups excluding tert-OH is 1. The lowest BCUT2D eigenvalue weighted by Crippen LogP contribution is -2.51. The summed E-state index contributed by atoms with van der Waals surface area (Å²) in [5, 5.41) is 18.1. The average Bonchev–Trinajstić information content (AvgIpc) is 3.96. The number of hydrogen-bond donors (Lipinski definition) is 6. The second-order valence-corrected chi connectivity index (χ2v) is 21.2. The number of sulfonamides is 2. The van der Waals surface area contributed by atoms with Crippen molar-refractivity contribution in [2.24, 2.45) is 5.92 Å². The maximum absolute atomic E-state index is 13.4. The fraction of sp³-hybridized carbons (Fsp3) is 0.426. The fourth-order valence-corrected chi connectivity index (χ4v) is 9.96. The molecule has 18 nitrogen and oxygen atoms in total. The van der Waals surface area contributed by atoms with E-state index in [4.69, 9.17) is 15.2 Å². The highest BCUT2D eigenvalue weighted by molar-refractivity contribution is 7.92. The Balaban J connectivity index is 0.000000222. The molecule has 67 heavy (non-hydrogen) atoms. The van der Waals surface area contributed by atoms with Crippen LogP contribution in [0.1, 0.15) is 50.2 Å². The Morgan fingerprint density at radius 2 is 1.66 bits per heavy atom. The van der Waals surface area contributed by atoms with Crippen LogP contribution < -0.4 is 26.0 Å². The van der Waals surface area contributed by atoms with Crippen molar-refractivity contribution in [1.82, 2.24) is 24.5 Å². The zero-order valence-corrected chi connectivity index (χ0v) is 40.2. The number of anilines is 4. The first-order valence-corrected chi connectivity index (χ1v) is 25.7. The van der Waals surface area contributed by atoms with E-state index in [9.17, 15) is 31.5 Å². The smallest absolute Gasteiger partial charge is 0.407 e. The number of carbonyl (C=O) groups is 2. The molecule has 2 fully saturated rings. The molecule has 3 aromatic carbocycles. The van der Waals surface area contributed by atoms with Gasteiger partial charge >= 0.3 is 6.09 Å². The Labute approximate surface area is 393 Å². The number of fused-ring (bicyclic) bond motifs is 1. The first-order chi connectivity index (χ1) is 31.8. The van der Waals surface area contributed by atoms with Gasteiger partial charge in [0, 0.05) is 80.2 Å². The van der Waals surface area contributed by atoms with Gasteiger partial charge in [0.2, 0.25) is 20.0 Å². The summed E-state index contributed by atoms with van der Waals surface area (Å²) in [7, 11) is -7.26. The van der Waals surface area contributed by atoms with Gasteiger partial charge in [0.25, 0.3) is 5.91 Å². The number of ether oxygens (including phenoxy) is 2. The van der Waals surface area contributed by atoms with Crippen LogP contribution in [-0.2, 0) is 35.9 Å². The molecule has 3 atom stereocenters. The van der Waals surface area contributed by atoms with Gasteiger partial charge < -0.3 is 45.7 Å². The third-order valence-corrected chi connectivity index (χ3v) is 13.4. The van der Waals surface area contributed by atoms with Crippen LogP contribution >= 0.6 is 0 Å². The quantitative estimate of drug-likeness (QED) is 0.0665. The number of nitrogens with two attached hydrogens (primary N) is 1. The summed E-state index contributed by atoms with van der Waals surface area (Å²) in [4.78, 5) is 37.5. The van der Waals surface area contributed by atoms with Gasteiger partial charge in [-0.05, 0) is 92.4 Å². The van der Waals surface area contributed by atoms with E-state index < -0.39 is 38.3 Å². The summed E-state index contributed by atoms with van der Waals surface area (Å²) in [6, 6.07) is 25.7. The molecule has 7 rings (SSSR count). The Morgan fingerprint density at radius 3 is 2.30 bits per heavy atom. The van der Waals surface area contributed by atoms with Gasteiger partial charge in [-0.2, -0.15) is 4.31 Å². The van der Waals surface area contributed by atoms with Crippen molar-refractivity contribution >= 4 is 65.8 Å². The van der Waals surface area contributed by atoms with Crippen molar-refractivity contribution in [2.75, 3.05) is 79.4 Å². The summed E-state index contributed by atoms with van der Waals surface area (Å²) in [5.74, 6) is 0.850. The van der Waals surface area contributed by atoms with E-state index in [-0.39, 0.29) is 35.9 Å². The molecule has 20 heteroatoms. The molecule has 0 saturated carbocycles. The van der Waals surface area contributed by atoms with Gasteiger partial charge in [-0.1, -0.05) is 44.2 Å². The number of aromatic amines is 1. The third-order valence-electron chi connectivity index (χ3n) is 11.0. The lowest BCUT2D eigenvalue weighted by atomic mass is 10.0. The first-order valence-electron chi connectivity index (χ1n) is 22.3. The van der Waals surface area contributed by atoms with Crippen LogP contribution in [0.25, 0.3) is 10.9 Å². The number of nitrogen functional groups attached to an aromatic ring is 1. The van der Waals surface area contributed by atoms with Crippen molar-refractivity contribution < 1.29 is 41.0 Å². The number of carbonyl (C=O) groups excluding carboxylic acids is 2. The Bertz CT molecular complexity index is 2640. The molecule has 0 unspecified atom stereocenters. The zero-order valence-electron chi connectivity index (χ0n) is 38.6. The maximum Gasteiger partial charge on any atom is 0.407 e. The number of benzene rings is 3. The summed E-state index contributed by atoms with van der Waals surface area (Å²) >= 11 is 0. The van der Waals surface area contributed by atoms with Crippen LogP contribution in [0, 0.1) is 5.92 Å². The van der Waals surface area contributed by atoms with E-state index in [0.717, 1.165) is 34.2 Å². The largest absolute Gasteiger partial charge is 0.444 e. The SMILES string of the molecule is CC(C)CN(C[C@@H](O)[C@H](Cc1ccccc1)NC(=O)O[C@H]1CCOC1)S(=O)(=O)c1ccc(N)cc1.CC(C)Nc1cccnc1N1CCN(C(=O)c2cc3cc(NS(C)(=O)=O)ccc3[nH]2)CC1. The Kier molecular flexibility index (Phi) is 17.1. The Hall–Kier alpha value is -5.93. The molecule has 2 aliphatic rings. The van der Waals surface area contributed by atoms with E-state index in [2.05, 4.69) is 44.1 Å². The molecule has 2 amide bonds. The van der Waals surface area contributed by atoms with Crippen LogP contribution in [-0.4, -0.2) is 136 Å². The highest BCUT2D eigenvalue weighted by Gasteiger charge is 2.32. The van der Waals surface area contributed by atoms with Crippen molar-refractivity contribution in [3.05, 3.63) is 108 Å². The van der Waals surface area contributed by atoms with E-state index in [1.54, 1.807) is 30.5 Å². The van der Waals surface area contributed by atoms with Crippen molar-refractivity contribution in [3.63, 3.8) is 0 Å². The topological polar surface area (TPSA) is 242 Å². The number of pyridine rings is 1. The van der Waals surface area contributed by atoms with Crippen molar-refractivity contribution in [2.45, 2.75) is 69.7 Å². The Morgan fingerprint density at radius 1 is 0.940 bits per heavy atom. The minimum Gasteiger partial charge on any atom is -0.444 e. The van der Waals surface area contributed by atoms with Gasteiger partial charge in [0.15, 0.2) is 5.82 Å². The predicted octanol–water partition coefficient (Wildman–Crippen LogP) is 5.12. The summed E-state index contributed by atoms with van der Waals surface area (Å²) in [6.45, 7) is 11.4. The molecular formula is C47H63N9O9S2. The number of amides is 2. The number of rotatable bonds is 17. The molecule has 0 bridgehead atoms. The number of H-pyrrole nitrogens is 1. The van der Waals surface area contributed by atoms with Gasteiger partial charge in [-0.25, -0.2) is 26.6 Å². The van der Waals surface area contributed by atoms with Crippen LogP contribution in [0.5, 0.6) is 0 Å². The standard InChI is InChI=1S/C25H35N3O6S.C22H28N6O3S/c1-18(2)15-28(35(31,32)22-10-8-20(26)9-11-22)16-24(29)23(14-19-6-4-3-5-7-19)27-25(30)34-21-12-13-33-17-21;1-15(2)24-19-5-4-8-23-21(19)27-9-11-28(12-10-27)22(29)20-14-16-13-17(26-32(3,30)31)6-7-18(16)25-20/h3-11,18,21,23-24,29H,12-17,26H2,1-2H3,(H,27,30);4-8,13-15,24-26H,9-12H2,1-3H3/t21-,23-,24+;/m0./s1. The van der Waals surface area contributed by atoms with E-state index in [1.807, 2.05) is 61.2 Å². The molecule has 0 radical (unpaired) electrons.